The number of ether oxygens (including phenoxy) is 1. The highest BCUT2D eigenvalue weighted by molar-refractivity contribution is 6.46. The van der Waals surface area contributed by atoms with Gasteiger partial charge in [-0.1, -0.05) is 13.3 Å². The molecule has 1 atom stereocenters. The summed E-state index contributed by atoms with van der Waals surface area (Å²) < 4.78 is 11.4. The molecule has 158 valence electrons. The van der Waals surface area contributed by atoms with Crippen molar-refractivity contribution >= 4 is 23.1 Å². The summed E-state index contributed by atoms with van der Waals surface area (Å²) in [4.78, 5) is 29.3. The number of aliphatic hydroxyl groups is 1. The summed E-state index contributed by atoms with van der Waals surface area (Å²) in [6, 6.07) is 8.08. The number of carbonyl (C=O) groups excluding carboxylic acids is 2. The van der Waals surface area contributed by atoms with E-state index in [-0.39, 0.29) is 11.3 Å². The van der Waals surface area contributed by atoms with Crippen molar-refractivity contribution in [2.24, 2.45) is 0 Å². The maximum absolute atomic E-state index is 13.0. The van der Waals surface area contributed by atoms with Gasteiger partial charge in [0.2, 0.25) is 0 Å². The third-order valence-corrected chi connectivity index (χ3v) is 5.65. The van der Waals surface area contributed by atoms with Crippen molar-refractivity contribution in [1.82, 2.24) is 4.90 Å². The molecule has 1 fully saturated rings. The van der Waals surface area contributed by atoms with Crippen LogP contribution in [0.5, 0.6) is 5.75 Å². The molecule has 1 aromatic carbocycles. The van der Waals surface area contributed by atoms with Gasteiger partial charge in [-0.05, 0) is 43.7 Å². The van der Waals surface area contributed by atoms with Gasteiger partial charge in [-0.15, -0.1) is 0 Å². The lowest BCUT2D eigenvalue weighted by Gasteiger charge is -2.28. The lowest BCUT2D eigenvalue weighted by atomic mass is 9.98. The summed E-state index contributed by atoms with van der Waals surface area (Å²) in [7, 11) is 1.94. The number of rotatable bonds is 5. The number of carbonyl (C=O) groups is 2. The number of hydrogen-bond donors (Lipinski definition) is 1. The Morgan fingerprint density at radius 1 is 1.23 bits per heavy atom. The van der Waals surface area contributed by atoms with E-state index in [1.165, 1.54) is 4.90 Å². The van der Waals surface area contributed by atoms with Gasteiger partial charge in [-0.3, -0.25) is 9.59 Å². The van der Waals surface area contributed by atoms with Gasteiger partial charge in [-0.2, -0.15) is 0 Å². The number of likely N-dealkylation sites (tertiary alicyclic amines) is 1. The molecule has 1 saturated heterocycles. The molecule has 7 nitrogen and oxygen atoms in total. The number of nitrogens with zero attached hydrogens (tertiary/aromatic N) is 2. The number of hydrogen-bond acceptors (Lipinski definition) is 6. The second-order valence-corrected chi connectivity index (χ2v) is 7.75. The zero-order valence-corrected chi connectivity index (χ0v) is 17.5. The van der Waals surface area contributed by atoms with Crippen molar-refractivity contribution in [3.05, 3.63) is 53.0 Å². The topological polar surface area (TPSA) is 83.2 Å². The highest BCUT2D eigenvalue weighted by Crippen LogP contribution is 2.41. The molecule has 0 saturated carbocycles. The second kappa shape index (κ2) is 7.89. The molecule has 1 N–H and O–H groups in total. The predicted octanol–water partition coefficient (Wildman–Crippen LogP) is 3.64. The normalized spacial score (nSPS) is 20.4. The van der Waals surface area contributed by atoms with Crippen LogP contribution in [0.1, 0.15) is 42.9 Å². The summed E-state index contributed by atoms with van der Waals surface area (Å²) in [6.45, 7) is 5.57. The second-order valence-electron chi connectivity index (χ2n) is 7.75. The minimum atomic E-state index is -0.740. The molecule has 0 aliphatic carbocycles. The summed E-state index contributed by atoms with van der Waals surface area (Å²) in [6.07, 6.45) is 1.63. The molecule has 2 aliphatic rings. The van der Waals surface area contributed by atoms with E-state index in [1.807, 2.05) is 18.9 Å². The van der Waals surface area contributed by atoms with Crippen molar-refractivity contribution in [1.29, 1.82) is 0 Å². The van der Waals surface area contributed by atoms with Gasteiger partial charge in [0, 0.05) is 19.2 Å². The van der Waals surface area contributed by atoms with E-state index in [4.69, 9.17) is 9.15 Å². The lowest BCUT2D eigenvalue weighted by Crippen LogP contribution is -2.30. The van der Waals surface area contributed by atoms with E-state index >= 15 is 0 Å². The fourth-order valence-electron chi connectivity index (χ4n) is 3.99. The number of likely N-dealkylation sites (N-methyl/N-ethyl adjacent to an activating group) is 1. The number of Topliss-reactive ketones (excluding diaryl/α,β-unsaturated/α-hetero) is 1. The molecule has 2 aromatic rings. The fourth-order valence-corrected chi connectivity index (χ4v) is 3.99. The summed E-state index contributed by atoms with van der Waals surface area (Å²) in [5.41, 5.74) is 1.36. The van der Waals surface area contributed by atoms with Crippen molar-refractivity contribution in [3.63, 3.8) is 0 Å². The van der Waals surface area contributed by atoms with E-state index in [1.54, 1.807) is 37.3 Å². The summed E-state index contributed by atoms with van der Waals surface area (Å²) in [5.74, 6) is 0.379. The van der Waals surface area contributed by atoms with E-state index in [0.717, 1.165) is 30.8 Å². The van der Waals surface area contributed by atoms with Gasteiger partial charge in [-0.25, -0.2) is 0 Å². The number of fused-ring (bicyclic) bond motifs is 1. The minimum Gasteiger partial charge on any atom is -0.507 e. The Balaban J connectivity index is 1.83. The largest absolute Gasteiger partial charge is 0.507 e. The van der Waals surface area contributed by atoms with Crippen molar-refractivity contribution in [2.45, 2.75) is 32.7 Å². The third-order valence-electron chi connectivity index (χ3n) is 5.65. The summed E-state index contributed by atoms with van der Waals surface area (Å²) in [5, 5.41) is 11.2. The summed E-state index contributed by atoms with van der Waals surface area (Å²) >= 11 is 0. The first-order valence-corrected chi connectivity index (χ1v) is 10.3. The van der Waals surface area contributed by atoms with Crippen LogP contribution < -0.4 is 9.64 Å². The van der Waals surface area contributed by atoms with Crippen LogP contribution in [0.25, 0.3) is 5.76 Å². The zero-order valence-electron chi connectivity index (χ0n) is 17.5. The number of benzene rings is 1. The van der Waals surface area contributed by atoms with Crippen molar-refractivity contribution in [2.75, 3.05) is 31.6 Å². The quantitative estimate of drug-likeness (QED) is 0.460. The van der Waals surface area contributed by atoms with Gasteiger partial charge in [0.05, 0.1) is 17.8 Å². The van der Waals surface area contributed by atoms with Crippen LogP contribution in [0.4, 0.5) is 5.69 Å². The van der Waals surface area contributed by atoms with Crippen LogP contribution in [0.2, 0.25) is 0 Å². The van der Waals surface area contributed by atoms with Gasteiger partial charge in [0.25, 0.3) is 11.7 Å². The van der Waals surface area contributed by atoms with Crippen LogP contribution in [0, 0.1) is 6.92 Å². The SMILES string of the molecule is CCCCN1C(=O)C(=O)/C(=C(\O)c2ccc3c(c2)N(C)CCO3)C1c1ccc(C)o1. The minimum absolute atomic E-state index is 0.0600. The number of ketones is 1. The number of unbranched alkanes of at least 4 members (excludes halogenated alkanes) is 1. The smallest absolute Gasteiger partial charge is 0.295 e. The fraction of sp³-hybridized carbons (Fsp3) is 0.391. The molecule has 1 unspecified atom stereocenters. The Bertz CT molecular complexity index is 1020. The number of anilines is 1. The zero-order chi connectivity index (χ0) is 21.4. The Morgan fingerprint density at radius 3 is 2.73 bits per heavy atom. The third kappa shape index (κ3) is 3.34. The maximum Gasteiger partial charge on any atom is 0.295 e. The molecular weight excluding hydrogens is 384 g/mol. The number of furan rings is 1. The van der Waals surface area contributed by atoms with Crippen LogP contribution in [-0.4, -0.2) is 48.4 Å². The average Bonchev–Trinajstić information content (AvgIpc) is 3.27. The van der Waals surface area contributed by atoms with Gasteiger partial charge >= 0.3 is 0 Å². The molecule has 0 spiro atoms. The maximum atomic E-state index is 13.0. The number of aliphatic hydroxyl groups excluding tert-OH is 1. The van der Waals surface area contributed by atoms with E-state index in [0.29, 0.717) is 30.2 Å². The van der Waals surface area contributed by atoms with Gasteiger partial charge < -0.3 is 24.1 Å². The van der Waals surface area contributed by atoms with Crippen molar-refractivity contribution in [3.8, 4) is 5.75 Å². The Hall–Kier alpha value is -3.22. The van der Waals surface area contributed by atoms with Crippen LogP contribution >= 0.6 is 0 Å². The van der Waals surface area contributed by atoms with Crippen LogP contribution in [0.15, 0.2) is 40.3 Å². The van der Waals surface area contributed by atoms with Gasteiger partial charge in [0.1, 0.15) is 35.7 Å². The molecule has 1 amide bonds. The molecule has 0 bridgehead atoms. The molecule has 4 rings (SSSR count). The molecule has 30 heavy (non-hydrogen) atoms. The van der Waals surface area contributed by atoms with Gasteiger partial charge in [0.15, 0.2) is 0 Å². The highest BCUT2D eigenvalue weighted by atomic mass is 16.5. The number of aryl methyl sites for hydroxylation is 1. The number of amides is 1. The first-order valence-electron chi connectivity index (χ1n) is 10.3. The first kappa shape index (κ1) is 20.1. The van der Waals surface area contributed by atoms with Crippen LogP contribution in [-0.2, 0) is 9.59 Å². The molecule has 1 aromatic heterocycles. The molecule has 2 aliphatic heterocycles. The Morgan fingerprint density at radius 2 is 2.03 bits per heavy atom. The van der Waals surface area contributed by atoms with E-state index < -0.39 is 17.7 Å². The highest BCUT2D eigenvalue weighted by Gasteiger charge is 2.47. The standard InChI is InChI=1S/C23H26N2O5/c1-4-5-10-25-20(18-8-6-14(2)30-18)19(22(27)23(25)28)21(26)15-7-9-17-16(13-15)24(3)11-12-29-17/h6-9,13,20,26H,4-5,10-12H2,1-3H3/b21-19-. The monoisotopic (exact) mass is 410 g/mol. The molecule has 7 heteroatoms. The van der Waals surface area contributed by atoms with Crippen LogP contribution in [0.3, 0.4) is 0 Å². The molecule has 3 heterocycles. The predicted molar refractivity (Wildman–Crippen MR) is 113 cm³/mol. The molecular formula is C23H26N2O5. The Kier molecular flexibility index (Phi) is 5.28. The van der Waals surface area contributed by atoms with Crippen molar-refractivity contribution < 1.29 is 23.8 Å². The Labute approximate surface area is 175 Å². The van der Waals surface area contributed by atoms with E-state index in [9.17, 15) is 14.7 Å². The molecule has 0 radical (unpaired) electrons. The van der Waals surface area contributed by atoms with E-state index in [2.05, 4.69) is 0 Å². The lowest BCUT2D eigenvalue weighted by molar-refractivity contribution is -0.140. The average molecular weight is 410 g/mol. The first-order chi connectivity index (χ1) is 14.4.